The number of amides is 2. The molecule has 2 atom stereocenters. The summed E-state index contributed by atoms with van der Waals surface area (Å²) in [6.07, 6.45) is 1.03. The number of likely N-dealkylation sites (tertiary alicyclic amines) is 2. The Labute approximate surface area is 209 Å². The molecule has 1 aromatic rings. The summed E-state index contributed by atoms with van der Waals surface area (Å²) in [5.74, 6) is -4.33. The summed E-state index contributed by atoms with van der Waals surface area (Å²) in [5, 5.41) is 21.7. The van der Waals surface area contributed by atoms with Crippen LogP contribution in [0.4, 0.5) is 13.6 Å². The van der Waals surface area contributed by atoms with Crippen molar-refractivity contribution in [3.8, 4) is 0 Å². The van der Waals surface area contributed by atoms with Gasteiger partial charge in [0.1, 0.15) is 6.61 Å². The number of halogens is 2. The number of hydrogen-bond donors (Lipinski definition) is 3. The molecule has 1 aromatic carbocycles. The summed E-state index contributed by atoms with van der Waals surface area (Å²) >= 11 is 0. The maximum Gasteiger partial charge on any atom is 0.475 e. The quantitative estimate of drug-likeness (QED) is 0.269. The second-order valence-corrected chi connectivity index (χ2v) is 9.72. The van der Waals surface area contributed by atoms with Gasteiger partial charge in [0.05, 0.1) is 25.1 Å². The van der Waals surface area contributed by atoms with Gasteiger partial charge in [-0.1, -0.05) is 36.4 Å². The number of carbonyl (C=O) groups excluding carboxylic acids is 2. The van der Waals surface area contributed by atoms with Crippen LogP contribution in [-0.2, 0) is 16.0 Å². The third-order valence-corrected chi connectivity index (χ3v) is 6.59. The fourth-order valence-corrected chi connectivity index (χ4v) is 4.29. The molecule has 2 heterocycles. The van der Waals surface area contributed by atoms with E-state index >= 15 is 0 Å². The van der Waals surface area contributed by atoms with Gasteiger partial charge in [-0.05, 0) is 32.3 Å². The van der Waals surface area contributed by atoms with Gasteiger partial charge in [0.25, 0.3) is 11.8 Å². The molecule has 9 nitrogen and oxygen atoms in total. The SMILES string of the molecule is [C-]#[N+]C(=CC(C)(C)N1CCC(F)(F)C1)C(=O)N1CC[C@@H]1COC(=O)N[C@@H](Cc1ccccc1)B(O)O. The van der Waals surface area contributed by atoms with E-state index in [1.54, 1.807) is 43.0 Å². The van der Waals surface area contributed by atoms with Gasteiger partial charge in [0.2, 0.25) is 5.70 Å². The Hall–Kier alpha value is -3.01. The Morgan fingerprint density at radius 2 is 2.03 bits per heavy atom. The summed E-state index contributed by atoms with van der Waals surface area (Å²) in [6.45, 7) is 10.8. The number of ether oxygens (including phenoxy) is 1. The highest BCUT2D eigenvalue weighted by atomic mass is 19.3. The second kappa shape index (κ2) is 11.4. The van der Waals surface area contributed by atoms with Gasteiger partial charge in [-0.3, -0.25) is 9.69 Å². The van der Waals surface area contributed by atoms with Crippen LogP contribution in [0.5, 0.6) is 0 Å². The van der Waals surface area contributed by atoms with Crippen molar-refractivity contribution in [2.45, 2.75) is 56.6 Å². The largest absolute Gasteiger partial charge is 0.475 e. The number of rotatable bonds is 9. The lowest BCUT2D eigenvalue weighted by molar-refractivity contribution is -0.135. The van der Waals surface area contributed by atoms with Crippen LogP contribution in [0.15, 0.2) is 42.1 Å². The molecule has 3 rings (SSSR count). The summed E-state index contributed by atoms with van der Waals surface area (Å²) in [7, 11) is -1.80. The van der Waals surface area contributed by atoms with Gasteiger partial charge in [-0.15, -0.1) is 0 Å². The van der Waals surface area contributed by atoms with E-state index in [-0.39, 0.29) is 31.7 Å². The summed E-state index contributed by atoms with van der Waals surface area (Å²) in [6, 6.07) is 8.55. The molecule has 0 bridgehead atoms. The molecule has 0 unspecified atom stereocenters. The van der Waals surface area contributed by atoms with Crippen molar-refractivity contribution in [1.82, 2.24) is 15.1 Å². The monoisotopic (exact) mass is 504 g/mol. The van der Waals surface area contributed by atoms with Crippen LogP contribution in [0.1, 0.15) is 32.3 Å². The lowest BCUT2D eigenvalue weighted by atomic mass is 9.76. The highest BCUT2D eigenvalue weighted by molar-refractivity contribution is 6.43. The first-order chi connectivity index (χ1) is 16.9. The smallest absolute Gasteiger partial charge is 0.447 e. The Morgan fingerprint density at radius 3 is 2.56 bits per heavy atom. The van der Waals surface area contributed by atoms with Crippen LogP contribution in [0.25, 0.3) is 4.85 Å². The second-order valence-electron chi connectivity index (χ2n) is 9.72. The minimum Gasteiger partial charge on any atom is -0.447 e. The number of nitrogens with one attached hydrogen (secondary N) is 1. The number of nitrogens with zero attached hydrogens (tertiary/aromatic N) is 3. The van der Waals surface area contributed by atoms with Crippen molar-refractivity contribution in [2.75, 3.05) is 26.2 Å². The van der Waals surface area contributed by atoms with Gasteiger partial charge in [0, 0.05) is 25.0 Å². The van der Waals surface area contributed by atoms with E-state index in [2.05, 4.69) is 10.2 Å². The number of alkyl carbamates (subject to hydrolysis) is 1. The normalized spacial score (nSPS) is 20.8. The van der Waals surface area contributed by atoms with E-state index < -0.39 is 49.1 Å². The first-order valence-electron chi connectivity index (χ1n) is 11.8. The van der Waals surface area contributed by atoms with E-state index in [1.165, 1.54) is 11.0 Å². The molecule has 36 heavy (non-hydrogen) atoms. The van der Waals surface area contributed by atoms with Crippen molar-refractivity contribution in [3.05, 3.63) is 59.1 Å². The van der Waals surface area contributed by atoms with Crippen LogP contribution in [-0.4, -0.2) is 88.7 Å². The van der Waals surface area contributed by atoms with Crippen LogP contribution in [0.3, 0.4) is 0 Å². The van der Waals surface area contributed by atoms with Crippen LogP contribution >= 0.6 is 0 Å². The maximum absolute atomic E-state index is 13.7. The van der Waals surface area contributed by atoms with Crippen molar-refractivity contribution in [1.29, 1.82) is 0 Å². The molecule has 194 valence electrons. The van der Waals surface area contributed by atoms with E-state index in [9.17, 15) is 28.4 Å². The molecular formula is C24H31BF2N4O5. The molecule has 2 aliphatic rings. The topological polar surface area (TPSA) is 107 Å². The average molecular weight is 504 g/mol. The highest BCUT2D eigenvalue weighted by Gasteiger charge is 2.44. The Balaban J connectivity index is 1.55. The third-order valence-electron chi connectivity index (χ3n) is 6.59. The molecule has 0 saturated carbocycles. The van der Waals surface area contributed by atoms with E-state index in [0.717, 1.165) is 5.56 Å². The highest BCUT2D eigenvalue weighted by Crippen LogP contribution is 2.33. The van der Waals surface area contributed by atoms with Gasteiger partial charge < -0.3 is 25.0 Å². The molecule has 2 aliphatic heterocycles. The van der Waals surface area contributed by atoms with Crippen molar-refractivity contribution in [3.63, 3.8) is 0 Å². The Bertz CT molecular complexity index is 1020. The Morgan fingerprint density at radius 1 is 1.33 bits per heavy atom. The van der Waals surface area contributed by atoms with Crippen molar-refractivity contribution < 1.29 is 33.2 Å². The lowest BCUT2D eigenvalue weighted by Gasteiger charge is -2.41. The first-order valence-corrected chi connectivity index (χ1v) is 11.8. The van der Waals surface area contributed by atoms with Crippen LogP contribution < -0.4 is 5.32 Å². The zero-order valence-electron chi connectivity index (χ0n) is 20.4. The summed E-state index contributed by atoms with van der Waals surface area (Å²) in [4.78, 5) is 31.5. The molecule has 3 N–H and O–H groups in total. The molecule has 2 fully saturated rings. The average Bonchev–Trinajstić information content (AvgIpc) is 3.17. The van der Waals surface area contributed by atoms with E-state index in [1.807, 2.05) is 6.07 Å². The molecule has 12 heteroatoms. The number of benzene rings is 1. The molecule has 0 spiro atoms. The molecule has 0 aliphatic carbocycles. The fraction of sp³-hybridized carbons (Fsp3) is 0.542. The van der Waals surface area contributed by atoms with Crippen molar-refractivity contribution in [2.24, 2.45) is 0 Å². The number of carbonyl (C=O) groups is 2. The predicted octanol–water partition coefficient (Wildman–Crippen LogP) is 1.86. The summed E-state index contributed by atoms with van der Waals surface area (Å²) < 4.78 is 32.5. The standard InChI is InChI=1S/C24H31BF2N4O5/c1-23(2,30-12-10-24(26,27)16-30)14-19(28-3)21(32)31-11-9-18(31)15-36-22(33)29-20(25(34)35)13-17-7-5-4-6-8-17/h4-8,14,18,20,34-35H,9-13,15-16H2,1-2H3,(H,29,33)/t18-,20+/m1/s1. The lowest BCUT2D eigenvalue weighted by Crippen LogP contribution is -2.55. The number of hydrogen-bond acceptors (Lipinski definition) is 6. The van der Waals surface area contributed by atoms with Gasteiger partial charge in [-0.25, -0.2) is 18.4 Å². The fourth-order valence-electron chi connectivity index (χ4n) is 4.29. The number of alkyl halides is 2. The minimum absolute atomic E-state index is 0.135. The predicted molar refractivity (Wildman–Crippen MR) is 129 cm³/mol. The molecule has 2 saturated heterocycles. The van der Waals surface area contributed by atoms with E-state index in [0.29, 0.717) is 13.0 Å². The van der Waals surface area contributed by atoms with Gasteiger partial charge in [0.15, 0.2) is 0 Å². The van der Waals surface area contributed by atoms with Crippen molar-refractivity contribution >= 4 is 19.1 Å². The minimum atomic E-state index is -2.79. The Kier molecular flexibility index (Phi) is 8.71. The molecule has 0 aromatic heterocycles. The maximum atomic E-state index is 13.7. The van der Waals surface area contributed by atoms with Crippen LogP contribution in [0, 0.1) is 6.57 Å². The molecular weight excluding hydrogens is 473 g/mol. The zero-order chi connectivity index (χ0) is 26.5. The first kappa shape index (κ1) is 27.6. The van der Waals surface area contributed by atoms with Gasteiger partial charge in [-0.2, -0.15) is 0 Å². The molecule has 2 amide bonds. The van der Waals surface area contributed by atoms with Gasteiger partial charge >= 0.3 is 13.2 Å². The van der Waals surface area contributed by atoms with Crippen LogP contribution in [0.2, 0.25) is 0 Å². The molecule has 0 radical (unpaired) electrons. The van der Waals surface area contributed by atoms with E-state index in [4.69, 9.17) is 11.3 Å². The third kappa shape index (κ3) is 7.03. The summed E-state index contributed by atoms with van der Waals surface area (Å²) in [5.41, 5.74) is -0.285. The zero-order valence-corrected chi connectivity index (χ0v) is 20.4.